The number of carbonyl (C=O) groups excluding carboxylic acids is 1. The molecule has 1 heterocycles. The van der Waals surface area contributed by atoms with E-state index in [1.807, 2.05) is 0 Å². The zero-order valence-corrected chi connectivity index (χ0v) is 20.8. The molecule has 0 bridgehead atoms. The Labute approximate surface area is 209 Å². The monoisotopic (exact) mass is 541 g/mol. The van der Waals surface area contributed by atoms with Crippen LogP contribution in [0.4, 0.5) is 23.2 Å². The number of rotatable bonds is 6. The molecule has 37 heavy (non-hydrogen) atoms. The van der Waals surface area contributed by atoms with Crippen LogP contribution in [0.15, 0.2) is 47.4 Å². The highest BCUT2D eigenvalue weighted by Crippen LogP contribution is 2.45. The van der Waals surface area contributed by atoms with E-state index in [2.05, 4.69) is 15.5 Å². The molecule has 0 radical (unpaired) electrons. The Bertz CT molecular complexity index is 1410. The van der Waals surface area contributed by atoms with Gasteiger partial charge in [-0.25, -0.2) is 12.8 Å². The molecular formula is C23H23F4N5O4S. The van der Waals surface area contributed by atoms with Crippen molar-refractivity contribution >= 4 is 21.5 Å². The lowest BCUT2D eigenvalue weighted by Gasteiger charge is -2.34. The van der Waals surface area contributed by atoms with Crippen LogP contribution in [0.5, 0.6) is 0 Å². The molecule has 0 saturated heterocycles. The van der Waals surface area contributed by atoms with Crippen LogP contribution in [0.25, 0.3) is 5.69 Å². The number of likely N-dealkylation sites (N-methyl/N-ethyl adjacent to an activating group) is 1. The van der Waals surface area contributed by atoms with Gasteiger partial charge in [-0.2, -0.15) is 17.9 Å². The number of carbonyl (C=O) groups is 1. The largest absolute Gasteiger partial charge is 0.469 e. The van der Waals surface area contributed by atoms with Gasteiger partial charge in [0.15, 0.2) is 9.84 Å². The van der Waals surface area contributed by atoms with E-state index < -0.39 is 51.5 Å². The zero-order chi connectivity index (χ0) is 27.1. The number of hydrogen-bond donors (Lipinski definition) is 0. The van der Waals surface area contributed by atoms with Gasteiger partial charge in [0.25, 0.3) is 5.82 Å². The molecule has 1 fully saturated rings. The Morgan fingerprint density at radius 3 is 2.41 bits per heavy atom. The molecule has 4 rings (SSSR count). The lowest BCUT2D eigenvalue weighted by atomic mass is 9.86. The second kappa shape index (κ2) is 9.72. The van der Waals surface area contributed by atoms with E-state index in [0.717, 1.165) is 6.26 Å². The summed E-state index contributed by atoms with van der Waals surface area (Å²) in [6, 6.07) is 8.78. The standard InChI is InChI=1S/C23H23F4N5O4S/c1-31(17-10-9-16(21(33)36-2)20(17)13-4-6-14(24)7-5-13)18-12-15(8-11-19(18)37(3,34)35)32-22(23(25,26)27)28-29-30-32/h4-8,11-12,16-17,20H,9-10H2,1-3H3/t16-,17-,20+/m0/s1. The van der Waals surface area contributed by atoms with E-state index in [4.69, 9.17) is 4.74 Å². The Morgan fingerprint density at radius 1 is 1.14 bits per heavy atom. The summed E-state index contributed by atoms with van der Waals surface area (Å²) in [5.74, 6) is -3.40. The molecule has 1 aromatic heterocycles. The van der Waals surface area contributed by atoms with Crippen molar-refractivity contribution in [2.45, 2.75) is 35.9 Å². The number of aromatic nitrogens is 4. The van der Waals surface area contributed by atoms with Crippen molar-refractivity contribution in [1.29, 1.82) is 0 Å². The molecule has 0 amide bonds. The van der Waals surface area contributed by atoms with Crippen molar-refractivity contribution in [2.75, 3.05) is 25.3 Å². The average molecular weight is 542 g/mol. The van der Waals surface area contributed by atoms with Crippen molar-refractivity contribution in [2.24, 2.45) is 5.92 Å². The maximum atomic E-state index is 13.6. The van der Waals surface area contributed by atoms with Crippen molar-refractivity contribution in [3.8, 4) is 5.69 Å². The number of nitrogens with zero attached hydrogens (tertiary/aromatic N) is 5. The predicted octanol–water partition coefficient (Wildman–Crippen LogP) is 3.40. The van der Waals surface area contributed by atoms with Gasteiger partial charge < -0.3 is 9.64 Å². The number of tetrazole rings is 1. The number of alkyl halides is 3. The lowest BCUT2D eigenvalue weighted by Crippen LogP contribution is -2.37. The summed E-state index contributed by atoms with van der Waals surface area (Å²) < 4.78 is 84.6. The van der Waals surface area contributed by atoms with Gasteiger partial charge in [-0.3, -0.25) is 4.79 Å². The second-order valence-electron chi connectivity index (χ2n) is 8.80. The first-order chi connectivity index (χ1) is 17.3. The molecular weight excluding hydrogens is 518 g/mol. The zero-order valence-electron chi connectivity index (χ0n) is 20.0. The summed E-state index contributed by atoms with van der Waals surface area (Å²) in [6.45, 7) is 0. The molecule has 198 valence electrons. The molecule has 14 heteroatoms. The van der Waals surface area contributed by atoms with Crippen LogP contribution in [0.1, 0.15) is 30.1 Å². The minimum Gasteiger partial charge on any atom is -0.469 e. The lowest BCUT2D eigenvalue weighted by molar-refractivity contribution is -0.147. The van der Waals surface area contributed by atoms with Gasteiger partial charge in [0, 0.05) is 25.3 Å². The molecule has 2 aromatic carbocycles. The normalized spacial score (nSPS) is 20.1. The van der Waals surface area contributed by atoms with Crippen LogP contribution in [0, 0.1) is 11.7 Å². The number of esters is 1. The molecule has 0 aliphatic heterocycles. The van der Waals surface area contributed by atoms with Crippen LogP contribution in [-0.4, -0.2) is 61.0 Å². The molecule has 0 N–H and O–H groups in total. The predicted molar refractivity (Wildman–Crippen MR) is 123 cm³/mol. The van der Waals surface area contributed by atoms with E-state index in [1.54, 1.807) is 24.1 Å². The van der Waals surface area contributed by atoms with Gasteiger partial charge in [-0.1, -0.05) is 12.1 Å². The Balaban J connectivity index is 1.84. The fourth-order valence-electron chi connectivity index (χ4n) is 4.91. The van der Waals surface area contributed by atoms with Crippen LogP contribution in [0.3, 0.4) is 0 Å². The van der Waals surface area contributed by atoms with Crippen molar-refractivity contribution in [3.63, 3.8) is 0 Å². The number of ether oxygens (including phenoxy) is 1. The molecule has 9 nitrogen and oxygen atoms in total. The third kappa shape index (κ3) is 5.15. The Hall–Kier alpha value is -3.55. The van der Waals surface area contributed by atoms with Crippen molar-refractivity contribution in [1.82, 2.24) is 20.2 Å². The Morgan fingerprint density at radius 2 is 1.81 bits per heavy atom. The van der Waals surface area contributed by atoms with Gasteiger partial charge in [-0.15, -0.1) is 5.10 Å². The van der Waals surface area contributed by atoms with Crippen molar-refractivity contribution in [3.05, 3.63) is 59.7 Å². The van der Waals surface area contributed by atoms with Gasteiger partial charge >= 0.3 is 12.1 Å². The molecule has 0 spiro atoms. The van der Waals surface area contributed by atoms with E-state index in [0.29, 0.717) is 23.1 Å². The highest BCUT2D eigenvalue weighted by molar-refractivity contribution is 7.90. The first-order valence-electron chi connectivity index (χ1n) is 11.1. The molecule has 3 aromatic rings. The summed E-state index contributed by atoms with van der Waals surface area (Å²) in [4.78, 5) is 14.1. The fraction of sp³-hybridized carbons (Fsp3) is 0.391. The van der Waals surface area contributed by atoms with Crippen molar-refractivity contribution < 1.29 is 35.5 Å². The van der Waals surface area contributed by atoms with Gasteiger partial charge in [0.1, 0.15) is 5.82 Å². The fourth-order valence-corrected chi connectivity index (χ4v) is 5.81. The third-order valence-electron chi connectivity index (χ3n) is 6.57. The highest BCUT2D eigenvalue weighted by atomic mass is 32.2. The van der Waals surface area contributed by atoms with Crippen LogP contribution in [-0.2, 0) is 25.5 Å². The molecule has 1 aliphatic rings. The molecule has 1 saturated carbocycles. The highest BCUT2D eigenvalue weighted by Gasteiger charge is 2.44. The van der Waals surface area contributed by atoms with Crippen LogP contribution < -0.4 is 4.90 Å². The van der Waals surface area contributed by atoms with Gasteiger partial charge in [0.2, 0.25) is 0 Å². The summed E-state index contributed by atoms with van der Waals surface area (Å²) in [5.41, 5.74) is 0.640. The van der Waals surface area contributed by atoms with E-state index in [9.17, 15) is 30.8 Å². The average Bonchev–Trinajstić information content (AvgIpc) is 3.50. The van der Waals surface area contributed by atoms with E-state index in [-0.39, 0.29) is 16.3 Å². The molecule has 3 atom stereocenters. The second-order valence-corrected chi connectivity index (χ2v) is 10.8. The topological polar surface area (TPSA) is 107 Å². The first kappa shape index (κ1) is 26.5. The van der Waals surface area contributed by atoms with E-state index >= 15 is 0 Å². The third-order valence-corrected chi connectivity index (χ3v) is 7.71. The van der Waals surface area contributed by atoms with E-state index in [1.165, 1.54) is 37.4 Å². The number of sulfone groups is 1. The van der Waals surface area contributed by atoms with Gasteiger partial charge in [-0.05, 0) is 59.2 Å². The summed E-state index contributed by atoms with van der Waals surface area (Å²) in [5, 5.41) is 9.59. The number of hydrogen-bond acceptors (Lipinski definition) is 8. The SMILES string of the molecule is COC(=O)[C@H]1CC[C@H](N(C)c2cc(-n3nnnc3C(F)(F)F)ccc2S(C)(=O)=O)[C@@H]1c1ccc(F)cc1. The van der Waals surface area contributed by atoms with Crippen LogP contribution in [0.2, 0.25) is 0 Å². The van der Waals surface area contributed by atoms with Gasteiger partial charge in [0.05, 0.1) is 29.3 Å². The number of methoxy groups -OCH3 is 1. The first-order valence-corrected chi connectivity index (χ1v) is 13.0. The quantitative estimate of drug-likeness (QED) is 0.345. The smallest absolute Gasteiger partial charge is 0.453 e. The molecule has 0 unspecified atom stereocenters. The maximum Gasteiger partial charge on any atom is 0.453 e. The maximum absolute atomic E-state index is 13.6. The minimum atomic E-state index is -4.85. The number of anilines is 1. The summed E-state index contributed by atoms with van der Waals surface area (Å²) in [7, 11) is -0.964. The minimum absolute atomic E-state index is 0.103. The summed E-state index contributed by atoms with van der Waals surface area (Å²) in [6.07, 6.45) is -3.02. The Kier molecular flexibility index (Phi) is 6.97. The summed E-state index contributed by atoms with van der Waals surface area (Å²) >= 11 is 0. The number of halogens is 4. The number of benzene rings is 2. The molecule has 1 aliphatic carbocycles. The van der Waals surface area contributed by atoms with Crippen LogP contribution >= 0.6 is 0 Å².